The van der Waals surface area contributed by atoms with E-state index in [9.17, 15) is 0 Å². The Labute approximate surface area is 113 Å². The largest absolute Gasteiger partial charge is 0.485 e. The average molecular weight is 260 g/mol. The van der Waals surface area contributed by atoms with Gasteiger partial charge in [-0.15, -0.1) is 0 Å². The number of hydrogen-bond acceptors (Lipinski definition) is 4. The lowest BCUT2D eigenvalue weighted by molar-refractivity contribution is 0.283. The van der Waals surface area contributed by atoms with Gasteiger partial charge in [0, 0.05) is 18.2 Å². The maximum atomic E-state index is 5.96. The van der Waals surface area contributed by atoms with Crippen LogP contribution in [-0.4, -0.2) is 14.8 Å². The number of benzene rings is 1. The third-order valence-electron chi connectivity index (χ3n) is 3.01. The quantitative estimate of drug-likeness (QED) is 0.895. The number of hydrogen-bond donors (Lipinski definition) is 1. The van der Waals surface area contributed by atoms with Crippen molar-refractivity contribution in [1.29, 1.82) is 0 Å². The summed E-state index contributed by atoms with van der Waals surface area (Å²) in [4.78, 5) is 4.19. The minimum Gasteiger partial charge on any atom is -0.485 e. The number of aryl methyl sites for hydroxylation is 2. The molecule has 0 amide bonds. The molecule has 0 aliphatic rings. The highest BCUT2D eigenvalue weighted by Crippen LogP contribution is 2.25. The summed E-state index contributed by atoms with van der Waals surface area (Å²) in [6.07, 6.45) is 1.55. The molecule has 2 N–H and O–H groups in total. The van der Waals surface area contributed by atoms with E-state index in [2.05, 4.69) is 10.1 Å². The Morgan fingerprint density at radius 3 is 2.89 bits per heavy atom. The average Bonchev–Trinajstić information content (AvgIpc) is 2.83. The highest BCUT2D eigenvalue weighted by atomic mass is 16.5. The van der Waals surface area contributed by atoms with Crippen LogP contribution in [0.25, 0.3) is 0 Å². The summed E-state index contributed by atoms with van der Waals surface area (Å²) in [5, 5.41) is 4.12. The van der Waals surface area contributed by atoms with E-state index < -0.39 is 0 Å². The molecule has 0 radical (unpaired) electrons. The van der Waals surface area contributed by atoms with Crippen molar-refractivity contribution in [1.82, 2.24) is 14.8 Å². The van der Waals surface area contributed by atoms with Gasteiger partial charge in [0.2, 0.25) is 0 Å². The van der Waals surface area contributed by atoms with E-state index in [1.165, 1.54) is 0 Å². The van der Waals surface area contributed by atoms with E-state index >= 15 is 0 Å². The monoisotopic (exact) mass is 260 g/mol. The summed E-state index contributed by atoms with van der Waals surface area (Å²) in [7, 11) is 0. The Hall–Kier alpha value is -1.88. The lowest BCUT2D eigenvalue weighted by Crippen LogP contribution is -2.11. The van der Waals surface area contributed by atoms with Gasteiger partial charge in [0.1, 0.15) is 18.7 Å². The molecule has 0 unspecified atom stereocenters. The summed E-state index contributed by atoms with van der Waals surface area (Å²) >= 11 is 0. The van der Waals surface area contributed by atoms with Crippen LogP contribution in [0.1, 0.15) is 36.8 Å². The van der Waals surface area contributed by atoms with Gasteiger partial charge < -0.3 is 10.5 Å². The molecule has 0 saturated heterocycles. The second-order valence-electron chi connectivity index (χ2n) is 4.61. The molecule has 1 heterocycles. The first kappa shape index (κ1) is 13.5. The zero-order chi connectivity index (χ0) is 13.8. The van der Waals surface area contributed by atoms with Crippen LogP contribution >= 0.6 is 0 Å². The Bertz CT molecular complexity index is 548. The van der Waals surface area contributed by atoms with Crippen LogP contribution in [-0.2, 0) is 13.2 Å². The third-order valence-corrected chi connectivity index (χ3v) is 3.01. The molecule has 1 atom stereocenters. The molecule has 0 spiro atoms. The number of aromatic nitrogens is 3. The number of ether oxygens (including phenoxy) is 1. The molecule has 19 heavy (non-hydrogen) atoms. The smallest absolute Gasteiger partial charge is 0.164 e. The van der Waals surface area contributed by atoms with Crippen LogP contribution in [0.3, 0.4) is 0 Å². The number of nitrogens with two attached hydrogens (primary N) is 1. The molecular weight excluding hydrogens is 240 g/mol. The van der Waals surface area contributed by atoms with Crippen molar-refractivity contribution in [2.24, 2.45) is 5.73 Å². The second-order valence-corrected chi connectivity index (χ2v) is 4.61. The van der Waals surface area contributed by atoms with Crippen molar-refractivity contribution in [3.63, 3.8) is 0 Å². The van der Waals surface area contributed by atoms with Crippen LogP contribution in [0.5, 0.6) is 5.75 Å². The topological polar surface area (TPSA) is 66.0 Å². The second kappa shape index (κ2) is 5.84. The Balaban J connectivity index is 2.17. The van der Waals surface area contributed by atoms with Gasteiger partial charge in [0.15, 0.2) is 5.82 Å². The molecule has 1 aromatic carbocycles. The Morgan fingerprint density at radius 2 is 2.21 bits per heavy atom. The van der Waals surface area contributed by atoms with E-state index in [1.54, 1.807) is 6.33 Å². The van der Waals surface area contributed by atoms with Crippen molar-refractivity contribution in [2.75, 3.05) is 0 Å². The fraction of sp³-hybridized carbons (Fsp3) is 0.429. The van der Waals surface area contributed by atoms with Gasteiger partial charge in [-0.3, -0.25) is 0 Å². The minimum absolute atomic E-state index is 0.0559. The molecule has 0 saturated carbocycles. The normalized spacial score (nSPS) is 12.4. The molecule has 0 aliphatic carbocycles. The van der Waals surface area contributed by atoms with Crippen LogP contribution in [0.15, 0.2) is 24.5 Å². The van der Waals surface area contributed by atoms with Gasteiger partial charge in [-0.2, -0.15) is 5.10 Å². The van der Waals surface area contributed by atoms with Gasteiger partial charge >= 0.3 is 0 Å². The summed E-state index contributed by atoms with van der Waals surface area (Å²) < 4.78 is 7.68. The highest BCUT2D eigenvalue weighted by molar-refractivity contribution is 5.38. The van der Waals surface area contributed by atoms with Crippen molar-refractivity contribution < 1.29 is 4.74 Å². The van der Waals surface area contributed by atoms with Gasteiger partial charge in [-0.25, -0.2) is 9.67 Å². The Kier molecular flexibility index (Phi) is 4.16. The minimum atomic E-state index is -0.0559. The molecule has 0 bridgehead atoms. The van der Waals surface area contributed by atoms with E-state index in [0.29, 0.717) is 6.61 Å². The zero-order valence-corrected chi connectivity index (χ0v) is 11.6. The summed E-state index contributed by atoms with van der Waals surface area (Å²) in [6, 6.07) is 6.00. The first-order valence-corrected chi connectivity index (χ1v) is 6.47. The van der Waals surface area contributed by atoms with Crippen molar-refractivity contribution in [3.8, 4) is 5.75 Å². The van der Waals surface area contributed by atoms with Gasteiger partial charge in [0.05, 0.1) is 0 Å². The SMILES string of the molecule is CCn1ncnc1COc1cc(C)ccc1[C@@H](C)N. The summed E-state index contributed by atoms with van der Waals surface area (Å²) in [6.45, 7) is 7.19. The predicted octanol–water partition coefficient (Wildman–Crippen LogP) is 2.21. The van der Waals surface area contributed by atoms with Crippen molar-refractivity contribution in [3.05, 3.63) is 41.5 Å². The van der Waals surface area contributed by atoms with Crippen molar-refractivity contribution in [2.45, 2.75) is 40.0 Å². The standard InChI is InChI=1S/C14H20N4O/c1-4-18-14(16-9-17-18)8-19-13-7-10(2)5-6-12(13)11(3)15/h5-7,9,11H,4,8,15H2,1-3H3/t11-/m1/s1. The Morgan fingerprint density at radius 1 is 1.42 bits per heavy atom. The lowest BCUT2D eigenvalue weighted by Gasteiger charge is -2.14. The first-order valence-electron chi connectivity index (χ1n) is 6.47. The number of nitrogens with zero attached hydrogens (tertiary/aromatic N) is 3. The maximum absolute atomic E-state index is 5.96. The molecule has 0 fully saturated rings. The summed E-state index contributed by atoms with van der Waals surface area (Å²) in [5.41, 5.74) is 8.11. The van der Waals surface area contributed by atoms with E-state index in [4.69, 9.17) is 10.5 Å². The van der Waals surface area contributed by atoms with Crippen LogP contribution in [0, 0.1) is 6.92 Å². The molecule has 1 aromatic heterocycles. The molecule has 2 rings (SSSR count). The van der Waals surface area contributed by atoms with Gasteiger partial charge in [0.25, 0.3) is 0 Å². The fourth-order valence-corrected chi connectivity index (χ4v) is 1.95. The zero-order valence-electron chi connectivity index (χ0n) is 11.6. The third kappa shape index (κ3) is 3.12. The van der Waals surface area contributed by atoms with E-state index in [0.717, 1.165) is 29.2 Å². The molecule has 2 aromatic rings. The number of rotatable bonds is 5. The van der Waals surface area contributed by atoms with E-state index in [1.807, 2.05) is 43.7 Å². The highest BCUT2D eigenvalue weighted by Gasteiger charge is 2.10. The maximum Gasteiger partial charge on any atom is 0.164 e. The van der Waals surface area contributed by atoms with Gasteiger partial charge in [-0.05, 0) is 32.4 Å². The first-order chi connectivity index (χ1) is 9.11. The van der Waals surface area contributed by atoms with Crippen LogP contribution in [0.2, 0.25) is 0 Å². The van der Waals surface area contributed by atoms with Crippen LogP contribution in [0.4, 0.5) is 0 Å². The fourth-order valence-electron chi connectivity index (χ4n) is 1.95. The van der Waals surface area contributed by atoms with Crippen LogP contribution < -0.4 is 10.5 Å². The molecule has 5 heteroatoms. The van der Waals surface area contributed by atoms with Gasteiger partial charge in [-0.1, -0.05) is 12.1 Å². The molecule has 102 valence electrons. The lowest BCUT2D eigenvalue weighted by atomic mass is 10.1. The summed E-state index contributed by atoms with van der Waals surface area (Å²) in [5.74, 6) is 1.64. The molecular formula is C14H20N4O. The van der Waals surface area contributed by atoms with Crippen molar-refractivity contribution >= 4 is 0 Å². The van der Waals surface area contributed by atoms with E-state index in [-0.39, 0.29) is 6.04 Å². The molecule has 0 aliphatic heterocycles. The predicted molar refractivity (Wildman–Crippen MR) is 73.8 cm³/mol. The molecule has 5 nitrogen and oxygen atoms in total.